The minimum absolute atomic E-state index is 0.0225. The molecule has 0 radical (unpaired) electrons. The summed E-state index contributed by atoms with van der Waals surface area (Å²) in [5.41, 5.74) is 64.2. The van der Waals surface area contributed by atoms with Gasteiger partial charge in [0, 0.05) is 48.8 Å². The normalized spacial score (nSPS) is 12.3. The average molecular weight is 1670 g/mol. The number of aromatic amines is 7. The van der Waals surface area contributed by atoms with Gasteiger partial charge < -0.3 is 86.5 Å². The molecule has 0 saturated heterocycles. The monoisotopic (exact) mass is 1670 g/mol. The van der Waals surface area contributed by atoms with E-state index >= 15 is 0 Å². The minimum atomic E-state index is -3.65. The number of aromatic nitrogens is 14. The lowest BCUT2D eigenvalue weighted by molar-refractivity contribution is 0.601. The first kappa shape index (κ1) is 84.7. The van der Waals surface area contributed by atoms with Gasteiger partial charge in [-0.3, -0.25) is 9.44 Å². The number of nitrogens with zero attached hydrogens (tertiary/aromatic N) is 9. The van der Waals surface area contributed by atoms with Crippen LogP contribution in [0.1, 0.15) is 50.1 Å². The Morgan fingerprint density at radius 2 is 0.658 bits per heavy atom. The molecule has 0 aliphatic carbocycles. The molecule has 0 amide bonds. The van der Waals surface area contributed by atoms with Crippen molar-refractivity contribution in [1.82, 2.24) is 69.8 Å². The zero-order valence-electron chi connectivity index (χ0n) is 63.3. The number of rotatable bonds is 0. The average Bonchev–Trinajstić information content (AvgIpc) is 0.786. The number of nitrogen functional groups attached to an aromatic ring is 7. The molecule has 117 heavy (non-hydrogen) atoms. The van der Waals surface area contributed by atoms with E-state index in [9.17, 15) is 36.0 Å². The van der Waals surface area contributed by atoms with E-state index in [1.54, 1.807) is 36.4 Å². The van der Waals surface area contributed by atoms with Crippen molar-refractivity contribution in [3.8, 4) is 0 Å². The summed E-state index contributed by atoms with van der Waals surface area (Å²) < 4.78 is 56.9. The summed E-state index contributed by atoms with van der Waals surface area (Å²) in [5, 5.41) is 5.97. The van der Waals surface area contributed by atoms with Crippen LogP contribution in [0, 0.1) is 62.8 Å². The van der Waals surface area contributed by atoms with Gasteiger partial charge in [-0.2, -0.15) is 36.8 Å². The van der Waals surface area contributed by atoms with Crippen LogP contribution >= 0.6 is 36.7 Å². The Bertz CT molecular complexity index is 7080. The molecule has 9 heterocycles. The largest absolute Gasteiger partial charge is 0.383 e. The van der Waals surface area contributed by atoms with Gasteiger partial charge in [-0.25, -0.2) is 34.1 Å². The number of nitrogens with one attached hydrogen (secondary N) is 9. The number of hydrogen-bond donors (Lipinski definition) is 18. The third kappa shape index (κ3) is 21.7. The van der Waals surface area contributed by atoms with Crippen molar-refractivity contribution in [2.75, 3.05) is 49.6 Å². The van der Waals surface area contributed by atoms with Crippen LogP contribution in [-0.2, 0) is 20.4 Å². The molecule has 0 bridgehead atoms. The highest BCUT2D eigenvalue weighted by Gasteiger charge is 2.23. The summed E-state index contributed by atoms with van der Waals surface area (Å²) in [6.45, 7) is 13.6. The third-order valence-electron chi connectivity index (χ3n) is 17.0. The van der Waals surface area contributed by atoms with Crippen LogP contribution in [0.5, 0.6) is 0 Å². The first-order chi connectivity index (χ1) is 55.4. The molecule has 35 nitrogen and oxygen atoms in total. The van der Waals surface area contributed by atoms with Gasteiger partial charge in [0.25, 0.3) is 0 Å². The summed E-state index contributed by atoms with van der Waals surface area (Å²) in [4.78, 5) is 89.7. The van der Waals surface area contributed by atoms with Crippen molar-refractivity contribution in [1.29, 1.82) is 0 Å². The third-order valence-corrected chi connectivity index (χ3v) is 19.5. The van der Waals surface area contributed by atoms with Crippen LogP contribution in [0.3, 0.4) is 0 Å². The number of nitrogens with two attached hydrogens (primary N) is 9. The fourth-order valence-electron chi connectivity index (χ4n) is 11.8. The van der Waals surface area contributed by atoms with E-state index < -0.39 is 43.2 Å². The second-order valence-corrected chi connectivity index (χ2v) is 29.7. The summed E-state index contributed by atoms with van der Waals surface area (Å²) in [7, 11) is -7.28. The van der Waals surface area contributed by atoms with Crippen molar-refractivity contribution < 1.29 is 16.8 Å². The van der Waals surface area contributed by atoms with Crippen molar-refractivity contribution >= 4 is 197 Å². The molecule has 18 rings (SSSR count). The molecule has 0 atom stereocenters. The fraction of sp³-hybridized carbons (Fsp3) is 0.0909. The summed E-state index contributed by atoms with van der Waals surface area (Å²) in [6.07, 6.45) is 0. The number of benzene rings is 9. The van der Waals surface area contributed by atoms with E-state index in [-0.39, 0.29) is 34.9 Å². The van der Waals surface area contributed by atoms with Gasteiger partial charge in [0.15, 0.2) is 14.3 Å². The van der Waals surface area contributed by atoms with Gasteiger partial charge in [0.2, 0.25) is 0 Å². The molecule has 9 aromatic carbocycles. The van der Waals surface area contributed by atoms with Gasteiger partial charge in [0.05, 0.1) is 50.0 Å². The van der Waals surface area contributed by atoms with Gasteiger partial charge in [0.1, 0.15) is 52.4 Å². The van der Waals surface area contributed by atoms with Gasteiger partial charge in [-0.1, -0.05) is 96.6 Å². The first-order valence-corrected chi connectivity index (χ1v) is 38.7. The summed E-state index contributed by atoms with van der Waals surface area (Å²) in [6, 6.07) is 54.1. The van der Waals surface area contributed by atoms with Crippen molar-refractivity contribution in [3.05, 3.63) is 282 Å². The molecule has 40 heteroatoms. The molecular weight excluding hydrogens is 1590 g/mol. The quantitative estimate of drug-likeness (QED) is 0.0627. The Balaban J connectivity index is 0.000000139. The van der Waals surface area contributed by atoms with Crippen LogP contribution < -0.4 is 83.8 Å². The molecule has 0 fully saturated rings. The maximum absolute atomic E-state index is 11.2. The van der Waals surface area contributed by atoms with Crippen molar-refractivity contribution in [3.63, 3.8) is 0 Å². The number of hydrogen-bond acceptors (Lipinski definition) is 27. The number of H-pyrrole nitrogens is 7. The fourth-order valence-corrected chi connectivity index (χ4v) is 14.1. The SMILES string of the molecule is Cc1ccc2[nH]c(=O)nc(N)c2c1.Cc1ccc2c(N)nc(=O)[nH]c2c1.Cc1ccc2c(N)nc(=S)[nH]c2c1.Cc1cccc2[nH]c(=O)nc(N)c12.Cc1cccc2[nH]c(=S)nc(N)c12.Cc1cccc2c(N)nc(=O)[nH]c12.Cc1cccc2c1C(N)=NS(=O)(=O)N2.NC1=NS(=O)(=O)Nc2ccccc21.Nc1nc(=S)[nH]c2ccccc12. The standard InChI is InChI=1S/4C9H9N3O.2C9H9N3S.C8H9N3O2S.C8H7N3S.C7H7N3O2S/c1-5-2-3-7-6(4-5)8(10)12-9(13)11-7;1-5-2-3-6-7(4-5)11-9(13)12-8(6)10;1-5-3-2-4-6-7(5)8(10)12-9(13)11-6;1-5-3-2-4-6-7(5)11-9(13)12-8(6)10;1-5-2-3-6-7(4-5)11-9(13)12-8(6)10;1-5-3-2-4-6-7(5)8(10)12-9(13)11-6;1-5-3-2-4-6-7(5)8(9)11-14(12,13)10-6;9-7-5-3-1-2-4-6(5)10-8(12)11-7;8-7-5-3-1-2-4-6(5)9-13(11,12)10-7/h6*2-4H,1H3,(H3,10,11,12,13);2-4,10H,1H3,(H2,9,11);1-4H,(H3,9,10,11,12);1-4,9H,(H2,8,10). The number of fused-ring (bicyclic) bond motifs is 9. The van der Waals surface area contributed by atoms with Crippen LogP contribution in [-0.4, -0.2) is 98.3 Å². The van der Waals surface area contributed by atoms with Crippen LogP contribution in [0.25, 0.3) is 76.3 Å². The molecule has 598 valence electrons. The predicted molar refractivity (Wildman–Crippen MR) is 474 cm³/mol. The topological polar surface area (TPSA) is 620 Å². The second kappa shape index (κ2) is 36.4. The number of para-hydroxylation sites is 3. The van der Waals surface area contributed by atoms with Crippen molar-refractivity contribution in [2.45, 2.75) is 48.5 Å². The highest BCUT2D eigenvalue weighted by molar-refractivity contribution is 7.92. The van der Waals surface area contributed by atoms with Crippen LogP contribution in [0.2, 0.25) is 0 Å². The molecular formula is C77H77N27O8S5. The zero-order chi connectivity index (χ0) is 84.9. The highest BCUT2D eigenvalue weighted by Crippen LogP contribution is 2.27. The van der Waals surface area contributed by atoms with Gasteiger partial charge >= 0.3 is 43.2 Å². The van der Waals surface area contributed by atoms with E-state index in [1.807, 2.05) is 188 Å². The minimum Gasteiger partial charge on any atom is -0.383 e. The molecule has 0 spiro atoms. The lowest BCUT2D eigenvalue weighted by atomic mass is 10.1. The first-order valence-electron chi connectivity index (χ1n) is 34.6. The van der Waals surface area contributed by atoms with E-state index in [2.05, 4.69) is 88.0 Å². The number of amidine groups is 2. The maximum atomic E-state index is 11.2. The molecule has 2 aliphatic heterocycles. The Morgan fingerprint density at radius 1 is 0.299 bits per heavy atom. The molecule has 0 saturated carbocycles. The smallest absolute Gasteiger partial charge is 0.347 e. The van der Waals surface area contributed by atoms with Crippen LogP contribution in [0.15, 0.2) is 204 Å². The Kier molecular flexibility index (Phi) is 26.3. The summed E-state index contributed by atoms with van der Waals surface area (Å²) >= 11 is 14.7. The van der Waals surface area contributed by atoms with E-state index in [0.717, 1.165) is 110 Å². The van der Waals surface area contributed by atoms with Gasteiger partial charge in [-0.05, 0) is 203 Å². The molecule has 7 aromatic heterocycles. The Hall–Kier alpha value is -14.7. The zero-order valence-corrected chi connectivity index (χ0v) is 67.4. The molecule has 27 N–H and O–H groups in total. The summed E-state index contributed by atoms with van der Waals surface area (Å²) in [5.74, 6) is 2.65. The lowest BCUT2D eigenvalue weighted by Gasteiger charge is -2.17. The highest BCUT2D eigenvalue weighted by atomic mass is 32.2. The lowest BCUT2D eigenvalue weighted by Crippen LogP contribution is -2.27. The second-order valence-electron chi connectivity index (χ2n) is 25.8. The van der Waals surface area contributed by atoms with Gasteiger partial charge in [-0.15, -0.1) is 8.80 Å². The molecule has 2 aliphatic rings. The van der Waals surface area contributed by atoms with E-state index in [4.69, 9.17) is 88.3 Å². The van der Waals surface area contributed by atoms with Crippen LogP contribution in [0.4, 0.5) is 52.1 Å². The van der Waals surface area contributed by atoms with E-state index in [1.165, 1.54) is 5.56 Å². The Morgan fingerprint density at radius 3 is 1.26 bits per heavy atom. The Labute approximate surface area is 680 Å². The predicted octanol–water partition coefficient (Wildman–Crippen LogP) is 9.93. The molecule has 16 aromatic rings. The van der Waals surface area contributed by atoms with Crippen molar-refractivity contribution in [2.24, 2.45) is 20.3 Å². The maximum Gasteiger partial charge on any atom is 0.347 e. The van der Waals surface area contributed by atoms with E-state index in [0.29, 0.717) is 54.3 Å². The number of anilines is 9. The molecule has 0 unspecified atom stereocenters. The number of aryl methyl sites for hydroxylation is 7.